The summed E-state index contributed by atoms with van der Waals surface area (Å²) in [6.45, 7) is 1.74. The van der Waals surface area contributed by atoms with E-state index in [2.05, 4.69) is 10.3 Å². The first-order chi connectivity index (χ1) is 11.2. The molecule has 1 aromatic rings. The highest BCUT2D eigenvalue weighted by Gasteiger charge is 2.16. The first-order valence-electron chi connectivity index (χ1n) is 8.37. The van der Waals surface area contributed by atoms with E-state index in [4.69, 9.17) is 26.8 Å². The molecule has 0 aromatic heterocycles. The number of rotatable bonds is 3. The Morgan fingerprint density at radius 3 is 2.71 bits per heavy atom. The van der Waals surface area contributed by atoms with Crippen LogP contribution in [-0.2, 0) is 6.54 Å². The third-order valence-corrected chi connectivity index (χ3v) is 4.53. The van der Waals surface area contributed by atoms with Gasteiger partial charge in [-0.1, -0.05) is 30.9 Å². The average molecular weight is 466 g/mol. The molecule has 3 rings (SSSR count). The highest BCUT2D eigenvalue weighted by atomic mass is 127. The largest absolute Gasteiger partial charge is 0.489 e. The van der Waals surface area contributed by atoms with Gasteiger partial charge in [-0.3, -0.25) is 0 Å². The van der Waals surface area contributed by atoms with Crippen molar-refractivity contribution < 1.29 is 9.47 Å². The van der Waals surface area contributed by atoms with Crippen LogP contribution >= 0.6 is 35.6 Å². The number of benzene rings is 1. The van der Waals surface area contributed by atoms with Crippen LogP contribution in [0.25, 0.3) is 0 Å². The fourth-order valence-corrected chi connectivity index (χ4v) is 3.34. The summed E-state index contributed by atoms with van der Waals surface area (Å²) in [5, 5.41) is 3.88. The summed E-state index contributed by atoms with van der Waals surface area (Å²) >= 11 is 6.29. The number of halogens is 2. The van der Waals surface area contributed by atoms with Crippen molar-refractivity contribution in [1.82, 2.24) is 5.32 Å². The lowest BCUT2D eigenvalue weighted by Crippen LogP contribution is -2.41. The highest BCUT2D eigenvalue weighted by Crippen LogP contribution is 2.38. The van der Waals surface area contributed by atoms with Gasteiger partial charge < -0.3 is 20.5 Å². The highest BCUT2D eigenvalue weighted by molar-refractivity contribution is 14.0. The molecular weight excluding hydrogens is 441 g/mol. The maximum absolute atomic E-state index is 6.29. The monoisotopic (exact) mass is 465 g/mol. The second-order valence-electron chi connectivity index (χ2n) is 6.14. The third kappa shape index (κ3) is 5.31. The molecule has 3 N–H and O–H groups in total. The molecule has 134 valence electrons. The Morgan fingerprint density at radius 1 is 1.17 bits per heavy atom. The van der Waals surface area contributed by atoms with E-state index in [0.29, 0.717) is 48.3 Å². The summed E-state index contributed by atoms with van der Waals surface area (Å²) in [5.41, 5.74) is 6.97. The molecule has 0 bridgehead atoms. The summed E-state index contributed by atoms with van der Waals surface area (Å²) in [4.78, 5) is 4.43. The van der Waals surface area contributed by atoms with Crippen LogP contribution in [0.1, 0.15) is 44.1 Å². The molecule has 0 amide bonds. The number of hydrogen-bond donors (Lipinski definition) is 2. The van der Waals surface area contributed by atoms with E-state index >= 15 is 0 Å². The van der Waals surface area contributed by atoms with Crippen LogP contribution in [-0.4, -0.2) is 25.2 Å². The maximum atomic E-state index is 6.29. The van der Waals surface area contributed by atoms with Crippen molar-refractivity contribution in [3.63, 3.8) is 0 Å². The van der Waals surface area contributed by atoms with Crippen molar-refractivity contribution in [3.05, 3.63) is 22.7 Å². The number of ether oxygens (including phenoxy) is 2. The minimum Gasteiger partial charge on any atom is -0.489 e. The molecule has 1 aliphatic carbocycles. The topological polar surface area (TPSA) is 68.9 Å². The Kier molecular flexibility index (Phi) is 7.74. The number of fused-ring (bicyclic) bond motifs is 1. The Bertz CT molecular complexity index is 577. The van der Waals surface area contributed by atoms with Gasteiger partial charge in [0.25, 0.3) is 0 Å². The van der Waals surface area contributed by atoms with E-state index in [9.17, 15) is 0 Å². The van der Waals surface area contributed by atoms with E-state index in [0.717, 1.165) is 12.0 Å². The predicted molar refractivity (Wildman–Crippen MR) is 108 cm³/mol. The van der Waals surface area contributed by atoms with Gasteiger partial charge >= 0.3 is 0 Å². The van der Waals surface area contributed by atoms with Crippen LogP contribution in [0.2, 0.25) is 5.02 Å². The van der Waals surface area contributed by atoms with E-state index in [-0.39, 0.29) is 24.0 Å². The van der Waals surface area contributed by atoms with Crippen molar-refractivity contribution >= 4 is 41.5 Å². The van der Waals surface area contributed by atoms with Crippen LogP contribution in [0.15, 0.2) is 17.1 Å². The number of nitrogens with one attached hydrogen (secondary N) is 1. The molecule has 0 saturated heterocycles. The Balaban J connectivity index is 0.00000208. The lowest BCUT2D eigenvalue weighted by Gasteiger charge is -2.23. The Hall–Kier alpha value is -0.890. The van der Waals surface area contributed by atoms with Gasteiger partial charge in [0.05, 0.1) is 24.8 Å². The van der Waals surface area contributed by atoms with Gasteiger partial charge in [0.1, 0.15) is 0 Å². The van der Waals surface area contributed by atoms with Gasteiger partial charge in [-0.05, 0) is 30.5 Å². The van der Waals surface area contributed by atoms with Crippen LogP contribution in [0.4, 0.5) is 0 Å². The second-order valence-corrected chi connectivity index (χ2v) is 6.54. The molecule has 0 spiro atoms. The van der Waals surface area contributed by atoms with Crippen molar-refractivity contribution in [3.8, 4) is 11.5 Å². The number of nitrogens with two attached hydrogens (primary N) is 1. The molecule has 0 radical (unpaired) electrons. The van der Waals surface area contributed by atoms with Crippen LogP contribution in [0, 0.1) is 0 Å². The zero-order chi connectivity index (χ0) is 16.1. The minimum absolute atomic E-state index is 0. The van der Waals surface area contributed by atoms with Crippen molar-refractivity contribution in [2.45, 2.75) is 51.1 Å². The Morgan fingerprint density at radius 2 is 1.92 bits per heavy atom. The molecule has 1 saturated carbocycles. The first kappa shape index (κ1) is 19.4. The third-order valence-electron chi connectivity index (χ3n) is 4.25. The summed E-state index contributed by atoms with van der Waals surface area (Å²) < 4.78 is 11.3. The second kappa shape index (κ2) is 9.56. The van der Waals surface area contributed by atoms with Gasteiger partial charge in [0.2, 0.25) is 0 Å². The quantitative estimate of drug-likeness (QED) is 0.404. The van der Waals surface area contributed by atoms with E-state index in [1.54, 1.807) is 0 Å². The normalized spacial score (nSPS) is 18.5. The van der Waals surface area contributed by atoms with Gasteiger partial charge in [-0.2, -0.15) is 0 Å². The smallest absolute Gasteiger partial charge is 0.189 e. The number of nitrogens with zero attached hydrogens (tertiary/aromatic N) is 1. The van der Waals surface area contributed by atoms with Crippen molar-refractivity contribution in [2.75, 3.05) is 13.2 Å². The molecule has 24 heavy (non-hydrogen) atoms. The fourth-order valence-electron chi connectivity index (χ4n) is 3.05. The molecule has 1 aliphatic heterocycles. The fraction of sp³-hybridized carbons (Fsp3) is 0.588. The summed E-state index contributed by atoms with van der Waals surface area (Å²) in [6, 6.07) is 4.26. The van der Waals surface area contributed by atoms with Gasteiger partial charge in [0.15, 0.2) is 17.5 Å². The van der Waals surface area contributed by atoms with Crippen LogP contribution < -0.4 is 20.5 Å². The van der Waals surface area contributed by atoms with E-state index < -0.39 is 0 Å². The van der Waals surface area contributed by atoms with Gasteiger partial charge in [-0.25, -0.2) is 4.99 Å². The van der Waals surface area contributed by atoms with E-state index in [1.165, 1.54) is 32.1 Å². The van der Waals surface area contributed by atoms with Crippen LogP contribution in [0.3, 0.4) is 0 Å². The molecular formula is C17H25ClIN3O2. The number of hydrogen-bond acceptors (Lipinski definition) is 3. The molecule has 0 unspecified atom stereocenters. The minimum atomic E-state index is 0. The lowest BCUT2D eigenvalue weighted by atomic mass is 9.96. The average Bonchev–Trinajstić information content (AvgIpc) is 2.80. The lowest BCUT2D eigenvalue weighted by molar-refractivity contribution is 0.297. The van der Waals surface area contributed by atoms with E-state index in [1.807, 2.05) is 12.1 Å². The zero-order valence-corrected chi connectivity index (χ0v) is 16.8. The standard InChI is InChI=1S/C17H24ClN3O2.HI/c18-14-9-12(10-15-16(14)23-8-4-7-22-15)11-20-17(19)21-13-5-2-1-3-6-13;/h9-10,13H,1-8,11H2,(H3,19,20,21);1H. The van der Waals surface area contributed by atoms with Gasteiger partial charge in [-0.15, -0.1) is 24.0 Å². The molecule has 1 aromatic carbocycles. The van der Waals surface area contributed by atoms with Crippen molar-refractivity contribution in [2.24, 2.45) is 10.7 Å². The summed E-state index contributed by atoms with van der Waals surface area (Å²) in [7, 11) is 0. The first-order valence-corrected chi connectivity index (χ1v) is 8.74. The molecule has 1 fully saturated rings. The molecule has 5 nitrogen and oxygen atoms in total. The van der Waals surface area contributed by atoms with Crippen LogP contribution in [0.5, 0.6) is 11.5 Å². The maximum Gasteiger partial charge on any atom is 0.189 e. The molecule has 7 heteroatoms. The van der Waals surface area contributed by atoms with Crippen molar-refractivity contribution in [1.29, 1.82) is 0 Å². The van der Waals surface area contributed by atoms with Gasteiger partial charge in [0, 0.05) is 12.5 Å². The SMILES string of the molecule is I.NC(=NCc1cc(Cl)c2c(c1)OCCCO2)NC1CCCCC1. The molecule has 1 heterocycles. The predicted octanol–water partition coefficient (Wildman–Crippen LogP) is 3.86. The Labute approximate surface area is 165 Å². The summed E-state index contributed by atoms with van der Waals surface area (Å²) in [6.07, 6.45) is 7.06. The zero-order valence-electron chi connectivity index (χ0n) is 13.7. The number of guanidine groups is 1. The molecule has 2 aliphatic rings. The number of aliphatic imine (C=N–C) groups is 1. The summed E-state index contributed by atoms with van der Waals surface area (Å²) in [5.74, 6) is 1.82. The molecule has 0 atom stereocenters.